The molecule has 0 aliphatic rings. The van der Waals surface area contributed by atoms with Crippen LogP contribution >= 0.6 is 11.3 Å². The SMILES string of the molecule is CCc1nc(CNCCc2cccc(C)c2)cs1. The second-order valence-electron chi connectivity index (χ2n) is 4.50. The van der Waals surface area contributed by atoms with Gasteiger partial charge in [0.1, 0.15) is 0 Å². The Balaban J connectivity index is 1.72. The van der Waals surface area contributed by atoms with Crippen molar-refractivity contribution < 1.29 is 0 Å². The highest BCUT2D eigenvalue weighted by Crippen LogP contribution is 2.09. The van der Waals surface area contributed by atoms with Crippen molar-refractivity contribution in [1.29, 1.82) is 0 Å². The topological polar surface area (TPSA) is 24.9 Å². The molecule has 0 aliphatic carbocycles. The van der Waals surface area contributed by atoms with E-state index in [4.69, 9.17) is 0 Å². The molecule has 2 nitrogen and oxygen atoms in total. The van der Waals surface area contributed by atoms with Gasteiger partial charge in [0.05, 0.1) is 10.7 Å². The fourth-order valence-electron chi connectivity index (χ4n) is 1.91. The largest absolute Gasteiger partial charge is 0.311 e. The molecule has 0 amide bonds. The average molecular weight is 260 g/mol. The van der Waals surface area contributed by atoms with Gasteiger partial charge in [-0.2, -0.15) is 0 Å². The van der Waals surface area contributed by atoms with Gasteiger partial charge in [0.2, 0.25) is 0 Å². The molecule has 96 valence electrons. The molecule has 1 heterocycles. The summed E-state index contributed by atoms with van der Waals surface area (Å²) >= 11 is 1.75. The maximum atomic E-state index is 4.54. The Labute approximate surface area is 113 Å². The van der Waals surface area contributed by atoms with E-state index in [0.717, 1.165) is 25.9 Å². The highest BCUT2D eigenvalue weighted by molar-refractivity contribution is 7.09. The summed E-state index contributed by atoms with van der Waals surface area (Å²) in [6.45, 7) is 6.16. The standard InChI is InChI=1S/C15H20N2S/c1-3-15-17-14(11-18-15)10-16-8-7-13-6-4-5-12(2)9-13/h4-6,9,11,16H,3,7-8,10H2,1-2H3. The van der Waals surface area contributed by atoms with Crippen LogP contribution in [0.15, 0.2) is 29.6 Å². The van der Waals surface area contributed by atoms with E-state index in [2.05, 4.69) is 53.8 Å². The van der Waals surface area contributed by atoms with E-state index in [1.807, 2.05) is 0 Å². The minimum atomic E-state index is 0.877. The molecule has 0 saturated carbocycles. The number of thiazole rings is 1. The van der Waals surface area contributed by atoms with Crippen LogP contribution in [0.2, 0.25) is 0 Å². The number of rotatable bonds is 6. The normalized spacial score (nSPS) is 10.8. The second kappa shape index (κ2) is 6.66. The van der Waals surface area contributed by atoms with Crippen molar-refractivity contribution in [3.8, 4) is 0 Å². The lowest BCUT2D eigenvalue weighted by Gasteiger charge is -2.04. The van der Waals surface area contributed by atoms with E-state index >= 15 is 0 Å². The van der Waals surface area contributed by atoms with Gasteiger partial charge in [-0.05, 0) is 31.9 Å². The fourth-order valence-corrected chi connectivity index (χ4v) is 2.65. The Morgan fingerprint density at radius 2 is 2.22 bits per heavy atom. The van der Waals surface area contributed by atoms with Crippen molar-refractivity contribution in [2.75, 3.05) is 6.54 Å². The Hall–Kier alpha value is -1.19. The van der Waals surface area contributed by atoms with Gasteiger partial charge in [0, 0.05) is 11.9 Å². The van der Waals surface area contributed by atoms with Gasteiger partial charge >= 0.3 is 0 Å². The minimum Gasteiger partial charge on any atom is -0.311 e. The van der Waals surface area contributed by atoms with Crippen LogP contribution in [0.4, 0.5) is 0 Å². The van der Waals surface area contributed by atoms with Crippen LogP contribution in [0.25, 0.3) is 0 Å². The number of aromatic nitrogens is 1. The molecule has 0 saturated heterocycles. The van der Waals surface area contributed by atoms with Crippen molar-refractivity contribution in [2.45, 2.75) is 33.2 Å². The molecule has 18 heavy (non-hydrogen) atoms. The van der Waals surface area contributed by atoms with Crippen molar-refractivity contribution in [1.82, 2.24) is 10.3 Å². The van der Waals surface area contributed by atoms with E-state index in [1.165, 1.54) is 21.8 Å². The van der Waals surface area contributed by atoms with Crippen molar-refractivity contribution in [3.05, 3.63) is 51.5 Å². The number of nitrogens with one attached hydrogen (secondary N) is 1. The minimum absolute atomic E-state index is 0.877. The fraction of sp³-hybridized carbons (Fsp3) is 0.400. The molecule has 3 heteroatoms. The molecule has 1 N–H and O–H groups in total. The summed E-state index contributed by atoms with van der Waals surface area (Å²) in [5, 5.41) is 6.83. The predicted molar refractivity (Wildman–Crippen MR) is 78.1 cm³/mol. The molecule has 0 fully saturated rings. The van der Waals surface area contributed by atoms with Gasteiger partial charge < -0.3 is 5.32 Å². The van der Waals surface area contributed by atoms with Crippen LogP contribution < -0.4 is 5.32 Å². The maximum Gasteiger partial charge on any atom is 0.0926 e. The molecule has 0 unspecified atom stereocenters. The summed E-state index contributed by atoms with van der Waals surface area (Å²) in [5.41, 5.74) is 3.90. The molecular formula is C15H20N2S. The first-order valence-corrected chi connectivity index (χ1v) is 7.35. The van der Waals surface area contributed by atoms with Crippen LogP contribution in [-0.4, -0.2) is 11.5 Å². The summed E-state index contributed by atoms with van der Waals surface area (Å²) in [6, 6.07) is 8.70. The molecule has 0 atom stereocenters. The van der Waals surface area contributed by atoms with Crippen LogP contribution in [-0.2, 0) is 19.4 Å². The lowest BCUT2D eigenvalue weighted by molar-refractivity contribution is 0.676. The van der Waals surface area contributed by atoms with Crippen molar-refractivity contribution in [2.24, 2.45) is 0 Å². The van der Waals surface area contributed by atoms with E-state index in [1.54, 1.807) is 11.3 Å². The number of hydrogen-bond acceptors (Lipinski definition) is 3. The first kappa shape index (κ1) is 13.2. The maximum absolute atomic E-state index is 4.54. The predicted octanol–water partition coefficient (Wildman–Crippen LogP) is 3.35. The summed E-state index contributed by atoms with van der Waals surface area (Å²) in [4.78, 5) is 4.54. The van der Waals surface area contributed by atoms with Crippen molar-refractivity contribution in [3.63, 3.8) is 0 Å². The molecule has 1 aromatic heterocycles. The third kappa shape index (κ3) is 3.93. The Kier molecular flexibility index (Phi) is 4.90. The lowest BCUT2D eigenvalue weighted by atomic mass is 10.1. The first-order chi connectivity index (χ1) is 8.78. The number of aryl methyl sites for hydroxylation is 2. The van der Waals surface area contributed by atoms with Gasteiger partial charge in [-0.3, -0.25) is 0 Å². The van der Waals surface area contributed by atoms with Gasteiger partial charge in [-0.15, -0.1) is 11.3 Å². The quantitative estimate of drug-likeness (QED) is 0.806. The number of benzene rings is 1. The summed E-state index contributed by atoms with van der Waals surface area (Å²) in [6.07, 6.45) is 2.11. The Bertz CT molecular complexity index is 491. The smallest absolute Gasteiger partial charge is 0.0926 e. The second-order valence-corrected chi connectivity index (χ2v) is 5.44. The summed E-state index contributed by atoms with van der Waals surface area (Å²) < 4.78 is 0. The van der Waals surface area contributed by atoms with Crippen LogP contribution in [0, 0.1) is 6.92 Å². The van der Waals surface area contributed by atoms with E-state index in [-0.39, 0.29) is 0 Å². The highest BCUT2D eigenvalue weighted by Gasteiger charge is 1.99. The van der Waals surface area contributed by atoms with Gasteiger partial charge in [0.25, 0.3) is 0 Å². The highest BCUT2D eigenvalue weighted by atomic mass is 32.1. The van der Waals surface area contributed by atoms with E-state index in [9.17, 15) is 0 Å². The molecular weight excluding hydrogens is 240 g/mol. The molecule has 0 bridgehead atoms. The third-order valence-corrected chi connectivity index (χ3v) is 3.92. The lowest BCUT2D eigenvalue weighted by Crippen LogP contribution is -2.16. The van der Waals surface area contributed by atoms with Gasteiger partial charge in [-0.1, -0.05) is 36.8 Å². The van der Waals surface area contributed by atoms with E-state index in [0.29, 0.717) is 0 Å². The van der Waals surface area contributed by atoms with Crippen molar-refractivity contribution >= 4 is 11.3 Å². The van der Waals surface area contributed by atoms with Crippen LogP contribution in [0.3, 0.4) is 0 Å². The van der Waals surface area contributed by atoms with Crippen LogP contribution in [0.5, 0.6) is 0 Å². The molecule has 2 rings (SSSR count). The molecule has 0 radical (unpaired) electrons. The number of hydrogen-bond donors (Lipinski definition) is 1. The first-order valence-electron chi connectivity index (χ1n) is 6.47. The van der Waals surface area contributed by atoms with Crippen LogP contribution in [0.1, 0.15) is 28.8 Å². The molecule has 0 aliphatic heterocycles. The van der Waals surface area contributed by atoms with Gasteiger partial charge in [0.15, 0.2) is 0 Å². The zero-order chi connectivity index (χ0) is 12.8. The number of nitrogens with zero attached hydrogens (tertiary/aromatic N) is 1. The monoisotopic (exact) mass is 260 g/mol. The molecule has 0 spiro atoms. The van der Waals surface area contributed by atoms with Gasteiger partial charge in [-0.25, -0.2) is 4.98 Å². The Morgan fingerprint density at radius 3 is 2.94 bits per heavy atom. The molecule has 1 aromatic carbocycles. The summed E-state index contributed by atoms with van der Waals surface area (Å²) in [7, 11) is 0. The van der Waals surface area contributed by atoms with E-state index < -0.39 is 0 Å². The molecule has 2 aromatic rings. The third-order valence-electron chi connectivity index (χ3n) is 2.88. The zero-order valence-electron chi connectivity index (χ0n) is 11.1. The summed E-state index contributed by atoms with van der Waals surface area (Å²) in [5.74, 6) is 0. The Morgan fingerprint density at radius 1 is 1.33 bits per heavy atom. The average Bonchev–Trinajstić information content (AvgIpc) is 2.83. The zero-order valence-corrected chi connectivity index (χ0v) is 11.9.